The molecule has 0 aromatic heterocycles. The van der Waals surface area contributed by atoms with Crippen molar-refractivity contribution >= 4 is 0 Å². The molecule has 132 valence electrons. The molecule has 2 fully saturated rings. The van der Waals surface area contributed by atoms with E-state index in [1.54, 1.807) is 25.3 Å². The molecule has 0 saturated heterocycles. The van der Waals surface area contributed by atoms with Crippen LogP contribution < -0.4 is 0 Å². The molecule has 2 aliphatic carbocycles. The van der Waals surface area contributed by atoms with Gasteiger partial charge in [-0.1, -0.05) is 18.7 Å². The Morgan fingerprint density at radius 3 is 2.08 bits per heavy atom. The molecular weight excluding hydrogens is 306 g/mol. The van der Waals surface area contributed by atoms with E-state index in [1.165, 1.54) is 12.8 Å². The SMILES string of the molecule is C=COC1CCC(C2CCC(c3ccc(C)c(F)c3F)CC2)CC1. The Bertz CT molecular complexity index is 567. The summed E-state index contributed by atoms with van der Waals surface area (Å²) in [5.74, 6) is 0.395. The van der Waals surface area contributed by atoms with Crippen LogP contribution in [0.3, 0.4) is 0 Å². The minimum atomic E-state index is -0.671. The average molecular weight is 334 g/mol. The van der Waals surface area contributed by atoms with Crippen LogP contribution >= 0.6 is 0 Å². The molecule has 0 radical (unpaired) electrons. The van der Waals surface area contributed by atoms with E-state index < -0.39 is 11.6 Å². The summed E-state index contributed by atoms with van der Waals surface area (Å²) in [6, 6.07) is 3.50. The van der Waals surface area contributed by atoms with E-state index in [-0.39, 0.29) is 5.92 Å². The van der Waals surface area contributed by atoms with Crippen molar-refractivity contribution in [1.29, 1.82) is 0 Å². The molecular formula is C21H28F2O. The van der Waals surface area contributed by atoms with Gasteiger partial charge in [-0.15, -0.1) is 0 Å². The van der Waals surface area contributed by atoms with Crippen molar-refractivity contribution in [3.05, 3.63) is 47.7 Å². The molecule has 24 heavy (non-hydrogen) atoms. The first-order chi connectivity index (χ1) is 11.6. The highest BCUT2D eigenvalue weighted by Gasteiger charge is 2.32. The van der Waals surface area contributed by atoms with Crippen LogP contribution in [0.1, 0.15) is 68.4 Å². The summed E-state index contributed by atoms with van der Waals surface area (Å²) in [5, 5.41) is 0. The van der Waals surface area contributed by atoms with Crippen LogP contribution in [-0.4, -0.2) is 6.10 Å². The number of hydrogen-bond acceptors (Lipinski definition) is 1. The lowest BCUT2D eigenvalue weighted by Gasteiger charge is -2.37. The van der Waals surface area contributed by atoms with Gasteiger partial charge in [0.05, 0.1) is 12.4 Å². The second-order valence-corrected chi connectivity index (χ2v) is 7.55. The maximum Gasteiger partial charge on any atom is 0.162 e. The molecule has 1 nitrogen and oxygen atoms in total. The highest BCUT2D eigenvalue weighted by molar-refractivity contribution is 5.28. The Balaban J connectivity index is 1.55. The van der Waals surface area contributed by atoms with Crippen LogP contribution in [0.15, 0.2) is 25.0 Å². The Labute approximate surface area is 144 Å². The third-order valence-electron chi connectivity index (χ3n) is 6.19. The summed E-state index contributed by atoms with van der Waals surface area (Å²) in [5.41, 5.74) is 0.975. The zero-order valence-electron chi connectivity index (χ0n) is 14.6. The molecule has 0 bridgehead atoms. The molecule has 0 unspecified atom stereocenters. The summed E-state index contributed by atoms with van der Waals surface area (Å²) >= 11 is 0. The van der Waals surface area contributed by atoms with Crippen molar-refractivity contribution in [3.8, 4) is 0 Å². The van der Waals surface area contributed by atoms with Crippen LogP contribution in [0.4, 0.5) is 8.78 Å². The van der Waals surface area contributed by atoms with E-state index in [9.17, 15) is 8.78 Å². The van der Waals surface area contributed by atoms with Crippen LogP contribution in [0, 0.1) is 30.4 Å². The summed E-state index contributed by atoms with van der Waals surface area (Å²) in [6.07, 6.45) is 10.8. The predicted octanol–water partition coefficient (Wildman–Crippen LogP) is 6.27. The van der Waals surface area contributed by atoms with Gasteiger partial charge in [-0.25, -0.2) is 8.78 Å². The van der Waals surface area contributed by atoms with Crippen molar-refractivity contribution in [2.75, 3.05) is 0 Å². The largest absolute Gasteiger partial charge is 0.499 e. The quantitative estimate of drug-likeness (QED) is 0.590. The van der Waals surface area contributed by atoms with Crippen molar-refractivity contribution in [1.82, 2.24) is 0 Å². The van der Waals surface area contributed by atoms with Crippen LogP contribution in [0.2, 0.25) is 0 Å². The van der Waals surface area contributed by atoms with Gasteiger partial charge in [0.1, 0.15) is 0 Å². The lowest BCUT2D eigenvalue weighted by molar-refractivity contribution is 0.0665. The molecule has 1 aromatic carbocycles. The maximum absolute atomic E-state index is 14.2. The van der Waals surface area contributed by atoms with E-state index in [1.807, 2.05) is 0 Å². The number of aryl methyl sites for hydroxylation is 1. The highest BCUT2D eigenvalue weighted by atomic mass is 19.2. The Hall–Kier alpha value is -1.38. The van der Waals surface area contributed by atoms with Gasteiger partial charge >= 0.3 is 0 Å². The number of rotatable bonds is 4. The summed E-state index contributed by atoms with van der Waals surface area (Å²) in [4.78, 5) is 0. The minimum absolute atomic E-state index is 0.178. The van der Waals surface area contributed by atoms with Gasteiger partial charge in [-0.3, -0.25) is 0 Å². The molecule has 0 aliphatic heterocycles. The molecule has 0 spiro atoms. The topological polar surface area (TPSA) is 9.23 Å². The first kappa shape index (κ1) is 17.4. The fraction of sp³-hybridized carbons (Fsp3) is 0.619. The van der Waals surface area contributed by atoms with Crippen LogP contribution in [-0.2, 0) is 4.74 Å². The molecule has 0 amide bonds. The van der Waals surface area contributed by atoms with E-state index in [2.05, 4.69) is 6.58 Å². The van der Waals surface area contributed by atoms with Gasteiger partial charge in [0.25, 0.3) is 0 Å². The third-order valence-corrected chi connectivity index (χ3v) is 6.19. The second kappa shape index (κ2) is 7.67. The zero-order valence-corrected chi connectivity index (χ0v) is 14.6. The number of ether oxygens (including phenoxy) is 1. The van der Waals surface area contributed by atoms with Gasteiger partial charge in [0.15, 0.2) is 11.6 Å². The van der Waals surface area contributed by atoms with Gasteiger partial charge in [0.2, 0.25) is 0 Å². The number of benzene rings is 1. The van der Waals surface area contributed by atoms with E-state index in [0.717, 1.165) is 50.4 Å². The fourth-order valence-corrected chi connectivity index (χ4v) is 4.71. The Kier molecular flexibility index (Phi) is 5.57. The number of hydrogen-bond donors (Lipinski definition) is 0. The Morgan fingerprint density at radius 2 is 1.50 bits per heavy atom. The zero-order chi connectivity index (χ0) is 17.1. The lowest BCUT2D eigenvalue weighted by atomic mass is 9.69. The van der Waals surface area contributed by atoms with Gasteiger partial charge in [-0.2, -0.15) is 0 Å². The molecule has 0 heterocycles. The first-order valence-electron chi connectivity index (χ1n) is 9.31. The van der Waals surface area contributed by atoms with Gasteiger partial charge in [0, 0.05) is 0 Å². The van der Waals surface area contributed by atoms with Gasteiger partial charge < -0.3 is 4.74 Å². The average Bonchev–Trinajstić information content (AvgIpc) is 2.61. The summed E-state index contributed by atoms with van der Waals surface area (Å²) in [7, 11) is 0. The minimum Gasteiger partial charge on any atom is -0.499 e. The molecule has 1 aromatic rings. The molecule has 0 atom stereocenters. The van der Waals surface area contributed by atoms with E-state index in [4.69, 9.17) is 4.74 Å². The van der Waals surface area contributed by atoms with Crippen molar-refractivity contribution in [2.24, 2.45) is 11.8 Å². The van der Waals surface area contributed by atoms with Crippen molar-refractivity contribution in [3.63, 3.8) is 0 Å². The Morgan fingerprint density at radius 1 is 0.917 bits per heavy atom. The second-order valence-electron chi connectivity index (χ2n) is 7.55. The van der Waals surface area contributed by atoms with E-state index >= 15 is 0 Å². The summed E-state index contributed by atoms with van der Waals surface area (Å²) in [6.45, 7) is 5.26. The molecule has 3 rings (SSSR count). The number of halogens is 2. The molecule has 3 heteroatoms. The lowest BCUT2D eigenvalue weighted by Crippen LogP contribution is -2.27. The molecule has 0 N–H and O–H groups in total. The third kappa shape index (κ3) is 3.65. The monoisotopic (exact) mass is 334 g/mol. The highest BCUT2D eigenvalue weighted by Crippen LogP contribution is 2.44. The maximum atomic E-state index is 14.2. The predicted molar refractivity (Wildman–Crippen MR) is 92.8 cm³/mol. The first-order valence-corrected chi connectivity index (χ1v) is 9.31. The normalized spacial score (nSPS) is 30.8. The smallest absolute Gasteiger partial charge is 0.162 e. The molecule has 2 saturated carbocycles. The van der Waals surface area contributed by atoms with Gasteiger partial charge in [-0.05, 0) is 87.2 Å². The standard InChI is InChI=1S/C21H28F2O/c1-3-24-18-11-9-16(10-12-18)15-5-7-17(8-6-15)19-13-4-14(2)20(22)21(19)23/h3-4,13,15-18H,1,5-12H2,2H3. The van der Waals surface area contributed by atoms with E-state index in [0.29, 0.717) is 17.2 Å². The van der Waals surface area contributed by atoms with Crippen molar-refractivity contribution < 1.29 is 13.5 Å². The van der Waals surface area contributed by atoms with Crippen LogP contribution in [0.5, 0.6) is 0 Å². The van der Waals surface area contributed by atoms with Crippen molar-refractivity contribution in [2.45, 2.75) is 70.3 Å². The summed E-state index contributed by atoms with van der Waals surface area (Å²) < 4.78 is 33.6. The fourth-order valence-electron chi connectivity index (χ4n) is 4.71. The van der Waals surface area contributed by atoms with Crippen LogP contribution in [0.25, 0.3) is 0 Å². The molecule has 2 aliphatic rings.